The fourth-order valence-corrected chi connectivity index (χ4v) is 3.09. The highest BCUT2D eigenvalue weighted by Gasteiger charge is 2.19. The minimum absolute atomic E-state index is 0.399. The molecule has 2 N–H and O–H groups in total. The van der Waals surface area contributed by atoms with Gasteiger partial charge in [0.1, 0.15) is 5.37 Å². The molecule has 0 heterocycles. The number of unbranched alkanes of at least 4 members (excludes halogenated alkanes) is 9. The van der Waals surface area contributed by atoms with E-state index in [1.165, 1.54) is 51.4 Å². The van der Waals surface area contributed by atoms with Crippen molar-refractivity contribution in [2.24, 2.45) is 0 Å². The Labute approximate surface area is 125 Å². The molecule has 122 valence electrons. The first kappa shape index (κ1) is 19.9. The molecule has 0 saturated heterocycles. The molecule has 0 aromatic rings. The van der Waals surface area contributed by atoms with E-state index in [9.17, 15) is 8.42 Å². The fraction of sp³-hybridized carbons (Fsp3) is 1.00. The zero-order valence-corrected chi connectivity index (χ0v) is 14.1. The maximum atomic E-state index is 11.0. The van der Waals surface area contributed by atoms with Gasteiger partial charge in [-0.1, -0.05) is 71.6 Å². The summed E-state index contributed by atoms with van der Waals surface area (Å²) in [6.07, 6.45) is 13.1. The van der Waals surface area contributed by atoms with E-state index < -0.39 is 15.5 Å². The molecule has 0 aliphatic rings. The van der Waals surface area contributed by atoms with Crippen LogP contribution in [0.4, 0.5) is 0 Å². The van der Waals surface area contributed by atoms with E-state index in [2.05, 4.69) is 12.2 Å². The lowest BCUT2D eigenvalue weighted by Crippen LogP contribution is -2.36. The average molecular weight is 308 g/mol. The van der Waals surface area contributed by atoms with Gasteiger partial charge in [-0.15, -0.1) is 0 Å². The van der Waals surface area contributed by atoms with Crippen LogP contribution >= 0.6 is 0 Å². The first-order valence-electron chi connectivity index (χ1n) is 8.22. The molecule has 0 fully saturated rings. The molecular weight excluding hydrogens is 274 g/mol. The van der Waals surface area contributed by atoms with Crippen molar-refractivity contribution in [1.29, 1.82) is 0 Å². The van der Waals surface area contributed by atoms with Gasteiger partial charge in [-0.3, -0.25) is 9.87 Å². The number of hydrogen-bond donors (Lipinski definition) is 2. The van der Waals surface area contributed by atoms with Gasteiger partial charge in [-0.2, -0.15) is 8.42 Å². The molecule has 0 aromatic carbocycles. The second-order valence-electron chi connectivity index (χ2n) is 5.55. The highest BCUT2D eigenvalue weighted by Crippen LogP contribution is 2.10. The number of rotatable bonds is 14. The van der Waals surface area contributed by atoms with Crippen molar-refractivity contribution >= 4 is 10.1 Å². The minimum Gasteiger partial charge on any atom is -0.299 e. The van der Waals surface area contributed by atoms with Gasteiger partial charge in [0.25, 0.3) is 10.1 Å². The summed E-state index contributed by atoms with van der Waals surface area (Å²) < 4.78 is 30.9. The summed E-state index contributed by atoms with van der Waals surface area (Å²) in [6, 6.07) is 0. The van der Waals surface area contributed by atoms with E-state index in [1.807, 2.05) is 0 Å². The normalized spacial score (nSPS) is 13.6. The molecule has 0 saturated carbocycles. The van der Waals surface area contributed by atoms with Gasteiger partial charge in [0.15, 0.2) is 0 Å². The van der Waals surface area contributed by atoms with Crippen molar-refractivity contribution in [3.8, 4) is 0 Å². The quantitative estimate of drug-likeness (QED) is 0.374. The van der Waals surface area contributed by atoms with Gasteiger partial charge in [0, 0.05) is 0 Å². The minimum atomic E-state index is -3.94. The van der Waals surface area contributed by atoms with Crippen LogP contribution in [0.25, 0.3) is 0 Å². The first-order chi connectivity index (χ1) is 9.52. The Kier molecular flexibility index (Phi) is 12.5. The molecule has 4 nitrogen and oxygen atoms in total. The van der Waals surface area contributed by atoms with Gasteiger partial charge in [0.05, 0.1) is 0 Å². The van der Waals surface area contributed by atoms with E-state index in [0.29, 0.717) is 13.0 Å². The van der Waals surface area contributed by atoms with Crippen LogP contribution in [0.1, 0.15) is 84.5 Å². The van der Waals surface area contributed by atoms with E-state index in [-0.39, 0.29) is 0 Å². The lowest BCUT2D eigenvalue weighted by atomic mass is 10.1. The third-order valence-corrected chi connectivity index (χ3v) is 4.85. The summed E-state index contributed by atoms with van der Waals surface area (Å²) in [5, 5.41) is 2.09. The van der Waals surface area contributed by atoms with Gasteiger partial charge < -0.3 is 0 Å². The molecule has 0 aliphatic heterocycles. The average Bonchev–Trinajstić information content (AvgIpc) is 2.38. The standard InChI is InChI=1S/C15H33NO3S/c1-3-5-6-7-8-9-10-11-12-13-14-16-15(4-2)20(17,18)19/h15-16H,3-14H2,1-2H3,(H,17,18,19). The van der Waals surface area contributed by atoms with Crippen LogP contribution < -0.4 is 5.32 Å². The Bertz CT molecular complexity index is 304. The second kappa shape index (κ2) is 12.6. The first-order valence-corrected chi connectivity index (χ1v) is 9.72. The highest BCUT2D eigenvalue weighted by molar-refractivity contribution is 7.86. The van der Waals surface area contributed by atoms with Crippen molar-refractivity contribution < 1.29 is 13.0 Å². The zero-order chi connectivity index (χ0) is 15.3. The lowest BCUT2D eigenvalue weighted by Gasteiger charge is -2.13. The monoisotopic (exact) mass is 307 g/mol. The van der Waals surface area contributed by atoms with Crippen LogP contribution in [0.15, 0.2) is 0 Å². The van der Waals surface area contributed by atoms with E-state index in [4.69, 9.17) is 4.55 Å². The molecule has 0 aliphatic carbocycles. The Hall–Kier alpha value is -0.130. The van der Waals surface area contributed by atoms with E-state index >= 15 is 0 Å². The molecule has 0 spiro atoms. The third-order valence-electron chi connectivity index (χ3n) is 3.63. The van der Waals surface area contributed by atoms with Gasteiger partial charge in [-0.25, -0.2) is 0 Å². The van der Waals surface area contributed by atoms with Crippen LogP contribution in [0, 0.1) is 0 Å². The molecule has 1 unspecified atom stereocenters. The Morgan fingerprint density at radius 3 is 1.70 bits per heavy atom. The maximum absolute atomic E-state index is 11.0. The summed E-state index contributed by atoms with van der Waals surface area (Å²) in [5.41, 5.74) is 0. The molecule has 5 heteroatoms. The molecule has 0 amide bonds. The van der Waals surface area contributed by atoms with Crippen LogP contribution in [0.3, 0.4) is 0 Å². The van der Waals surface area contributed by atoms with Crippen molar-refractivity contribution in [2.75, 3.05) is 6.54 Å². The van der Waals surface area contributed by atoms with E-state index in [1.54, 1.807) is 6.92 Å². The number of nitrogens with one attached hydrogen (secondary N) is 1. The molecule has 0 radical (unpaired) electrons. The topological polar surface area (TPSA) is 66.4 Å². The summed E-state index contributed by atoms with van der Waals surface area (Å²) in [4.78, 5) is 0. The van der Waals surface area contributed by atoms with Gasteiger partial charge >= 0.3 is 0 Å². The van der Waals surface area contributed by atoms with Crippen molar-refractivity contribution in [2.45, 2.75) is 89.9 Å². The predicted molar refractivity (Wildman–Crippen MR) is 85.5 cm³/mol. The third kappa shape index (κ3) is 11.7. The highest BCUT2D eigenvalue weighted by atomic mass is 32.2. The summed E-state index contributed by atoms with van der Waals surface area (Å²) in [6.45, 7) is 4.65. The molecule has 0 bridgehead atoms. The smallest absolute Gasteiger partial charge is 0.281 e. The second-order valence-corrected chi connectivity index (χ2v) is 7.15. The lowest BCUT2D eigenvalue weighted by molar-refractivity contribution is 0.441. The molecule has 20 heavy (non-hydrogen) atoms. The fourth-order valence-electron chi connectivity index (χ4n) is 2.34. The summed E-state index contributed by atoms with van der Waals surface area (Å²) >= 11 is 0. The van der Waals surface area contributed by atoms with Crippen LogP contribution in [0.5, 0.6) is 0 Å². The Morgan fingerprint density at radius 1 is 0.850 bits per heavy atom. The summed E-state index contributed by atoms with van der Waals surface area (Å²) in [5.74, 6) is 0. The molecule has 0 aromatic heterocycles. The molecule has 1 atom stereocenters. The van der Waals surface area contributed by atoms with Crippen molar-refractivity contribution in [3.63, 3.8) is 0 Å². The van der Waals surface area contributed by atoms with Crippen LogP contribution in [0.2, 0.25) is 0 Å². The van der Waals surface area contributed by atoms with Gasteiger partial charge in [0.2, 0.25) is 0 Å². The van der Waals surface area contributed by atoms with Gasteiger partial charge in [-0.05, 0) is 19.4 Å². The Balaban J connectivity index is 3.32. The van der Waals surface area contributed by atoms with Crippen molar-refractivity contribution in [3.05, 3.63) is 0 Å². The molecular formula is C15H33NO3S. The van der Waals surface area contributed by atoms with Crippen LogP contribution in [-0.4, -0.2) is 24.9 Å². The van der Waals surface area contributed by atoms with E-state index in [0.717, 1.165) is 12.8 Å². The summed E-state index contributed by atoms with van der Waals surface area (Å²) in [7, 11) is -3.94. The number of hydrogen-bond acceptors (Lipinski definition) is 3. The van der Waals surface area contributed by atoms with Crippen molar-refractivity contribution in [1.82, 2.24) is 5.32 Å². The Morgan fingerprint density at radius 2 is 1.30 bits per heavy atom. The molecule has 0 rings (SSSR count). The largest absolute Gasteiger partial charge is 0.299 e. The SMILES string of the molecule is CCCCCCCCCCCCNC(CC)S(=O)(=O)O. The van der Waals surface area contributed by atoms with Crippen LogP contribution in [-0.2, 0) is 10.1 Å². The zero-order valence-electron chi connectivity index (χ0n) is 13.2. The maximum Gasteiger partial charge on any atom is 0.281 e. The predicted octanol–water partition coefficient (Wildman–Crippen LogP) is 4.12.